The molecular formula is C10H9NO4. The number of methoxy groups -OCH3 is 1. The third-order valence-corrected chi connectivity index (χ3v) is 1.82. The molecule has 0 bridgehead atoms. The van der Waals surface area contributed by atoms with Gasteiger partial charge in [0, 0.05) is 7.11 Å². The molecule has 2 aromatic rings. The topological polar surface area (TPSA) is 61.6 Å². The molecule has 5 heteroatoms. The van der Waals surface area contributed by atoms with Gasteiger partial charge in [0.25, 0.3) is 0 Å². The maximum Gasteiger partial charge on any atom is 0.399 e. The van der Waals surface area contributed by atoms with Gasteiger partial charge in [-0.3, -0.25) is 0 Å². The van der Waals surface area contributed by atoms with Crippen molar-refractivity contribution >= 4 is 10.9 Å². The highest BCUT2D eigenvalue weighted by Gasteiger charge is 2.05. The van der Waals surface area contributed by atoms with E-state index in [2.05, 4.69) is 9.72 Å². The molecule has 2 rings (SSSR count). The number of ether oxygens (including phenoxy) is 2. The molecule has 0 aliphatic heterocycles. The monoisotopic (exact) mass is 207 g/mol. The summed E-state index contributed by atoms with van der Waals surface area (Å²) in [4.78, 5) is 15.4. The van der Waals surface area contributed by atoms with Gasteiger partial charge < -0.3 is 13.9 Å². The van der Waals surface area contributed by atoms with E-state index < -0.39 is 5.63 Å². The fraction of sp³-hybridized carbons (Fsp3) is 0.200. The van der Waals surface area contributed by atoms with Gasteiger partial charge in [0.15, 0.2) is 6.79 Å². The van der Waals surface area contributed by atoms with Crippen LogP contribution in [0.1, 0.15) is 0 Å². The van der Waals surface area contributed by atoms with Gasteiger partial charge in [-0.2, -0.15) is 4.98 Å². The first-order chi connectivity index (χ1) is 7.31. The Labute approximate surface area is 85.3 Å². The molecule has 0 unspecified atom stereocenters. The summed E-state index contributed by atoms with van der Waals surface area (Å²) in [5, 5.41) is 0.433. The van der Waals surface area contributed by atoms with E-state index in [1.165, 1.54) is 7.11 Å². The highest BCUT2D eigenvalue weighted by molar-refractivity contribution is 5.76. The van der Waals surface area contributed by atoms with Crippen molar-refractivity contribution in [3.63, 3.8) is 0 Å². The van der Waals surface area contributed by atoms with E-state index in [4.69, 9.17) is 9.15 Å². The van der Waals surface area contributed by atoms with Crippen molar-refractivity contribution in [1.29, 1.82) is 0 Å². The lowest BCUT2D eigenvalue weighted by Crippen LogP contribution is -2.06. The Morgan fingerprint density at radius 2 is 2.20 bits per heavy atom. The molecule has 5 nitrogen and oxygen atoms in total. The summed E-state index contributed by atoms with van der Waals surface area (Å²) in [5.74, 6) is 0. The number of aromatic nitrogens is 1. The summed E-state index contributed by atoms with van der Waals surface area (Å²) < 4.78 is 14.4. The number of hydrogen-bond acceptors (Lipinski definition) is 5. The molecule has 0 atom stereocenters. The van der Waals surface area contributed by atoms with Crippen LogP contribution in [-0.4, -0.2) is 18.9 Å². The van der Waals surface area contributed by atoms with E-state index in [1.807, 2.05) is 0 Å². The fourth-order valence-corrected chi connectivity index (χ4v) is 1.17. The van der Waals surface area contributed by atoms with Gasteiger partial charge in [0.2, 0.25) is 0 Å². The number of rotatable bonds is 3. The Kier molecular flexibility index (Phi) is 2.64. The average molecular weight is 207 g/mol. The Bertz CT molecular complexity index is 520. The zero-order valence-electron chi connectivity index (χ0n) is 8.10. The molecule has 0 fully saturated rings. The standard InChI is InChI=1S/C10H9NO4/c1-13-6-14-10-11-8-5-3-2-4-7(8)9(12)15-10/h2-5H,6H2,1H3. The van der Waals surface area contributed by atoms with Gasteiger partial charge >= 0.3 is 11.7 Å². The van der Waals surface area contributed by atoms with Crippen LogP contribution in [0.2, 0.25) is 0 Å². The zero-order chi connectivity index (χ0) is 10.7. The van der Waals surface area contributed by atoms with Crippen molar-refractivity contribution in [3.05, 3.63) is 34.7 Å². The minimum atomic E-state index is -0.466. The lowest BCUT2D eigenvalue weighted by Gasteiger charge is -2.01. The largest absolute Gasteiger partial charge is 0.423 e. The van der Waals surface area contributed by atoms with E-state index in [1.54, 1.807) is 24.3 Å². The van der Waals surface area contributed by atoms with Crippen molar-refractivity contribution in [3.8, 4) is 6.08 Å². The van der Waals surface area contributed by atoms with Crippen molar-refractivity contribution in [2.24, 2.45) is 0 Å². The first-order valence-corrected chi connectivity index (χ1v) is 4.33. The van der Waals surface area contributed by atoms with Crippen molar-refractivity contribution in [1.82, 2.24) is 4.98 Å². The van der Waals surface area contributed by atoms with E-state index in [-0.39, 0.29) is 12.9 Å². The van der Waals surface area contributed by atoms with E-state index in [0.717, 1.165) is 0 Å². The predicted molar refractivity (Wildman–Crippen MR) is 52.8 cm³/mol. The van der Waals surface area contributed by atoms with Gasteiger partial charge in [0.05, 0.1) is 10.9 Å². The first-order valence-electron chi connectivity index (χ1n) is 4.33. The molecule has 0 amide bonds. The molecule has 0 N–H and O–H groups in total. The molecule has 0 saturated carbocycles. The van der Waals surface area contributed by atoms with Gasteiger partial charge in [-0.25, -0.2) is 4.79 Å². The molecule has 15 heavy (non-hydrogen) atoms. The zero-order valence-corrected chi connectivity index (χ0v) is 8.10. The van der Waals surface area contributed by atoms with Crippen LogP contribution in [0, 0.1) is 0 Å². The van der Waals surface area contributed by atoms with Crippen LogP contribution in [0.3, 0.4) is 0 Å². The Balaban J connectivity index is 2.48. The van der Waals surface area contributed by atoms with Crippen molar-refractivity contribution in [2.75, 3.05) is 13.9 Å². The molecule has 0 aliphatic rings. The Hall–Kier alpha value is -1.88. The average Bonchev–Trinajstić information content (AvgIpc) is 2.26. The van der Waals surface area contributed by atoms with Crippen LogP contribution >= 0.6 is 0 Å². The smallest absolute Gasteiger partial charge is 0.399 e. The summed E-state index contributed by atoms with van der Waals surface area (Å²) >= 11 is 0. The molecular weight excluding hydrogens is 198 g/mol. The summed E-state index contributed by atoms with van der Waals surface area (Å²) in [6.45, 7) is -0.00567. The molecule has 0 aliphatic carbocycles. The van der Waals surface area contributed by atoms with Crippen LogP contribution in [0.5, 0.6) is 6.08 Å². The fourth-order valence-electron chi connectivity index (χ4n) is 1.17. The Morgan fingerprint density at radius 1 is 1.40 bits per heavy atom. The molecule has 1 heterocycles. The molecule has 0 radical (unpaired) electrons. The summed E-state index contributed by atoms with van der Waals surface area (Å²) in [5.41, 5.74) is 0.0755. The lowest BCUT2D eigenvalue weighted by molar-refractivity contribution is 0.0274. The molecule has 78 valence electrons. The van der Waals surface area contributed by atoms with Gasteiger partial charge in [-0.1, -0.05) is 12.1 Å². The molecule has 0 spiro atoms. The Morgan fingerprint density at radius 3 is 3.00 bits per heavy atom. The highest BCUT2D eigenvalue weighted by atomic mass is 16.7. The SMILES string of the molecule is COCOc1nc2ccccc2c(=O)o1. The van der Waals surface area contributed by atoms with Gasteiger partial charge in [0.1, 0.15) is 0 Å². The van der Waals surface area contributed by atoms with Gasteiger partial charge in [-0.05, 0) is 12.1 Å². The second kappa shape index (κ2) is 4.10. The minimum absolute atomic E-state index is 0.00567. The third kappa shape index (κ3) is 1.97. The van der Waals surface area contributed by atoms with Crippen molar-refractivity contribution in [2.45, 2.75) is 0 Å². The van der Waals surface area contributed by atoms with Crippen LogP contribution < -0.4 is 10.4 Å². The summed E-state index contributed by atoms with van der Waals surface area (Å²) in [6.07, 6.45) is -0.0828. The number of para-hydroxylation sites is 1. The van der Waals surface area contributed by atoms with Crippen LogP contribution in [0.15, 0.2) is 33.5 Å². The first kappa shape index (κ1) is 9.67. The normalized spacial score (nSPS) is 10.5. The number of nitrogens with zero attached hydrogens (tertiary/aromatic N) is 1. The van der Waals surface area contributed by atoms with E-state index in [0.29, 0.717) is 10.9 Å². The van der Waals surface area contributed by atoms with Gasteiger partial charge in [-0.15, -0.1) is 0 Å². The quantitative estimate of drug-likeness (QED) is 0.707. The summed E-state index contributed by atoms with van der Waals surface area (Å²) in [6, 6.07) is 6.89. The van der Waals surface area contributed by atoms with Crippen LogP contribution in [0.25, 0.3) is 10.9 Å². The van der Waals surface area contributed by atoms with E-state index >= 15 is 0 Å². The molecule has 1 aromatic heterocycles. The second-order valence-corrected chi connectivity index (χ2v) is 2.84. The number of hydrogen-bond donors (Lipinski definition) is 0. The van der Waals surface area contributed by atoms with Crippen molar-refractivity contribution < 1.29 is 13.9 Å². The maximum atomic E-state index is 11.4. The van der Waals surface area contributed by atoms with E-state index in [9.17, 15) is 4.79 Å². The highest BCUT2D eigenvalue weighted by Crippen LogP contribution is 2.11. The van der Waals surface area contributed by atoms with Crippen LogP contribution in [0.4, 0.5) is 0 Å². The number of fused-ring (bicyclic) bond motifs is 1. The number of benzene rings is 1. The predicted octanol–water partition coefficient (Wildman–Crippen LogP) is 1.17. The second-order valence-electron chi connectivity index (χ2n) is 2.84. The third-order valence-electron chi connectivity index (χ3n) is 1.82. The maximum absolute atomic E-state index is 11.4. The molecule has 0 saturated heterocycles. The minimum Gasteiger partial charge on any atom is -0.423 e. The van der Waals surface area contributed by atoms with Crippen LogP contribution in [-0.2, 0) is 4.74 Å². The molecule has 1 aromatic carbocycles. The summed E-state index contributed by atoms with van der Waals surface area (Å²) in [7, 11) is 1.47. The lowest BCUT2D eigenvalue weighted by atomic mass is 10.2.